The highest BCUT2D eigenvalue weighted by atomic mass is 32.1. The maximum absolute atomic E-state index is 12.5. The van der Waals surface area contributed by atoms with Gasteiger partial charge < -0.3 is 25.5 Å². The molecule has 1 fully saturated rings. The molecule has 0 unspecified atom stereocenters. The molecule has 2 aromatic heterocycles. The molecule has 10 nitrogen and oxygen atoms in total. The average molecular weight is 619 g/mol. The Morgan fingerprint density at radius 2 is 1.55 bits per heavy atom. The van der Waals surface area contributed by atoms with Crippen molar-refractivity contribution >= 4 is 48.2 Å². The van der Waals surface area contributed by atoms with Gasteiger partial charge in [0.1, 0.15) is 0 Å². The van der Waals surface area contributed by atoms with Crippen molar-refractivity contribution in [2.24, 2.45) is 16.8 Å². The zero-order valence-corrected chi connectivity index (χ0v) is 26.3. The van der Waals surface area contributed by atoms with Crippen molar-refractivity contribution in [3.05, 3.63) is 86.0 Å². The summed E-state index contributed by atoms with van der Waals surface area (Å²) in [5, 5.41) is 21.8. The molecule has 11 heteroatoms. The van der Waals surface area contributed by atoms with Crippen LogP contribution in [0.15, 0.2) is 46.0 Å². The highest BCUT2D eigenvalue weighted by Gasteiger charge is 2.36. The summed E-state index contributed by atoms with van der Waals surface area (Å²) in [7, 11) is 0. The van der Waals surface area contributed by atoms with Gasteiger partial charge in [0.05, 0.1) is 5.71 Å². The van der Waals surface area contributed by atoms with Crippen LogP contribution in [0.4, 0.5) is 0 Å². The Labute approximate surface area is 261 Å². The van der Waals surface area contributed by atoms with Gasteiger partial charge in [-0.05, 0) is 72.4 Å². The van der Waals surface area contributed by atoms with Crippen molar-refractivity contribution < 1.29 is 29.4 Å². The molecule has 2 atom stereocenters. The average Bonchev–Trinajstić information content (AvgIpc) is 3.59. The Kier molecular flexibility index (Phi) is 9.68. The molecule has 0 spiro atoms. The van der Waals surface area contributed by atoms with E-state index in [9.17, 15) is 29.4 Å². The minimum absolute atomic E-state index is 0.0655. The van der Waals surface area contributed by atoms with Crippen LogP contribution in [0.2, 0.25) is 0 Å². The summed E-state index contributed by atoms with van der Waals surface area (Å²) in [4.78, 5) is 59.6. The van der Waals surface area contributed by atoms with E-state index in [1.807, 2.05) is 33.8 Å². The summed E-state index contributed by atoms with van der Waals surface area (Å²) in [5.41, 5.74) is 9.13. The van der Waals surface area contributed by atoms with Gasteiger partial charge in [0, 0.05) is 71.6 Å². The lowest BCUT2D eigenvalue weighted by Crippen LogP contribution is -2.16. The second-order valence-corrected chi connectivity index (χ2v) is 12.0. The number of allylic oxidation sites excluding steroid dienone is 2. The number of thiol groups is 1. The molecular weight excluding hydrogens is 580 g/mol. The smallest absolute Gasteiger partial charge is 0.303 e. The second kappa shape index (κ2) is 13.1. The van der Waals surface area contributed by atoms with Crippen LogP contribution >= 0.6 is 12.6 Å². The van der Waals surface area contributed by atoms with E-state index >= 15 is 0 Å². The van der Waals surface area contributed by atoms with Crippen LogP contribution in [0.3, 0.4) is 0 Å². The standard InChI is InChI=1S/C33H38N4O6S/c1-7-20-15(2)25(36-33(20)43)12-23-16(3)21(8-10-29(38)39)26(34-23)14-27-22(9-11-30(40)41)17(4)24(35-27)13-28-31(19(6)44)18(5)32(42)37-28/h7,13,18,31,34-35,44H,1,6,8-12,14H2,2-5H3,(H,37,42)(H,38,39)(H,40,41)/b28-13-/t18-,31-/m1/s1. The minimum Gasteiger partial charge on any atom is -0.481 e. The first-order chi connectivity index (χ1) is 20.7. The number of hydrogen-bond acceptors (Lipinski definition) is 5. The van der Waals surface area contributed by atoms with Gasteiger partial charge in [-0.1, -0.05) is 26.2 Å². The molecule has 4 heterocycles. The topological polar surface area (TPSA) is 165 Å². The maximum atomic E-state index is 12.5. The SMILES string of the molecule is C=CC1=C(C)C(Cc2[nH]c(Cc3[nH]c(/C=C4\NC(=O)[C@H](C)[C@@H]4C(=C)S)c(C)c3CCC(=O)O)c(CCC(=O)O)c2C)=NC1=O. The number of nitrogens with zero attached hydrogens (tertiary/aromatic N) is 1. The van der Waals surface area contributed by atoms with Crippen molar-refractivity contribution in [3.63, 3.8) is 0 Å². The molecular formula is C33H38N4O6S. The van der Waals surface area contributed by atoms with Gasteiger partial charge in [0.15, 0.2) is 0 Å². The van der Waals surface area contributed by atoms with E-state index < -0.39 is 11.9 Å². The summed E-state index contributed by atoms with van der Waals surface area (Å²) in [6.45, 7) is 15.1. The van der Waals surface area contributed by atoms with Crippen molar-refractivity contribution in [1.82, 2.24) is 15.3 Å². The number of aromatic nitrogens is 2. The lowest BCUT2D eigenvalue weighted by Gasteiger charge is -2.13. The van der Waals surface area contributed by atoms with E-state index in [-0.39, 0.29) is 42.9 Å². The fraction of sp³-hybridized carbons (Fsp3) is 0.364. The van der Waals surface area contributed by atoms with E-state index in [0.29, 0.717) is 41.1 Å². The fourth-order valence-corrected chi connectivity index (χ4v) is 6.45. The zero-order valence-electron chi connectivity index (χ0n) is 25.4. The van der Waals surface area contributed by atoms with Crippen molar-refractivity contribution in [3.8, 4) is 0 Å². The van der Waals surface area contributed by atoms with Crippen LogP contribution in [0.25, 0.3) is 6.08 Å². The number of hydrogen-bond donors (Lipinski definition) is 6. The number of carbonyl (C=O) groups is 4. The van der Waals surface area contributed by atoms with Gasteiger partial charge in [-0.25, -0.2) is 4.99 Å². The molecule has 2 aliphatic rings. The Balaban J connectivity index is 1.77. The van der Waals surface area contributed by atoms with Crippen LogP contribution in [0.5, 0.6) is 0 Å². The predicted octanol–water partition coefficient (Wildman–Crippen LogP) is 4.78. The van der Waals surface area contributed by atoms with E-state index in [1.165, 1.54) is 6.08 Å². The molecule has 0 aliphatic carbocycles. The molecule has 2 aliphatic heterocycles. The first kappa shape index (κ1) is 32.5. The number of amides is 2. The van der Waals surface area contributed by atoms with Gasteiger partial charge in [0.25, 0.3) is 5.91 Å². The van der Waals surface area contributed by atoms with Gasteiger partial charge in [0.2, 0.25) is 5.91 Å². The molecule has 232 valence electrons. The number of nitrogens with one attached hydrogen (secondary N) is 3. The van der Waals surface area contributed by atoms with Crippen LogP contribution < -0.4 is 5.32 Å². The quantitative estimate of drug-likeness (QED) is 0.177. The minimum atomic E-state index is -0.922. The predicted molar refractivity (Wildman–Crippen MR) is 172 cm³/mol. The number of aliphatic carboxylic acids is 2. The molecule has 4 rings (SSSR count). The molecule has 44 heavy (non-hydrogen) atoms. The lowest BCUT2D eigenvalue weighted by molar-refractivity contribution is -0.138. The molecule has 0 bridgehead atoms. The van der Waals surface area contributed by atoms with Crippen molar-refractivity contribution in [2.75, 3.05) is 0 Å². The summed E-state index contributed by atoms with van der Waals surface area (Å²) in [6.07, 6.45) is 4.52. The lowest BCUT2D eigenvalue weighted by atomic mass is 9.94. The zero-order chi connectivity index (χ0) is 32.5. The number of carboxylic acids is 2. The molecule has 2 amide bonds. The number of aromatic amines is 2. The Bertz CT molecular complexity index is 1690. The van der Waals surface area contributed by atoms with E-state index in [0.717, 1.165) is 50.6 Å². The van der Waals surface area contributed by atoms with Crippen molar-refractivity contribution in [1.29, 1.82) is 0 Å². The Hall–Kier alpha value is -4.38. The number of carboxylic acid groups (broad SMARTS) is 2. The molecule has 0 aromatic carbocycles. The number of carbonyl (C=O) groups excluding carboxylic acids is 2. The van der Waals surface area contributed by atoms with Crippen LogP contribution in [-0.2, 0) is 44.9 Å². The first-order valence-corrected chi connectivity index (χ1v) is 14.9. The van der Waals surface area contributed by atoms with Crippen LogP contribution in [0.1, 0.15) is 71.7 Å². The molecule has 2 aromatic rings. The third-order valence-corrected chi connectivity index (χ3v) is 8.91. The number of H-pyrrole nitrogens is 2. The molecule has 1 saturated heterocycles. The highest BCUT2D eigenvalue weighted by molar-refractivity contribution is 7.84. The summed E-state index contributed by atoms with van der Waals surface area (Å²) >= 11 is 4.43. The second-order valence-electron chi connectivity index (χ2n) is 11.4. The maximum Gasteiger partial charge on any atom is 0.303 e. The monoisotopic (exact) mass is 618 g/mol. The highest BCUT2D eigenvalue weighted by Crippen LogP contribution is 2.36. The summed E-state index contributed by atoms with van der Waals surface area (Å²) < 4.78 is 0. The van der Waals surface area contributed by atoms with E-state index in [1.54, 1.807) is 0 Å². The van der Waals surface area contributed by atoms with Gasteiger partial charge in [-0.2, -0.15) is 0 Å². The first-order valence-electron chi connectivity index (χ1n) is 14.4. The number of aliphatic imine (C=N–C) groups is 1. The van der Waals surface area contributed by atoms with Crippen LogP contribution in [-0.4, -0.2) is 49.6 Å². The van der Waals surface area contributed by atoms with Gasteiger partial charge >= 0.3 is 11.9 Å². The van der Waals surface area contributed by atoms with Crippen molar-refractivity contribution in [2.45, 2.75) is 66.2 Å². The van der Waals surface area contributed by atoms with Gasteiger partial charge in [-0.15, -0.1) is 12.6 Å². The number of rotatable bonds is 13. The summed E-state index contributed by atoms with van der Waals surface area (Å²) in [6, 6.07) is 0. The van der Waals surface area contributed by atoms with Crippen LogP contribution in [0, 0.1) is 25.7 Å². The van der Waals surface area contributed by atoms with E-state index in [2.05, 4.69) is 46.1 Å². The largest absolute Gasteiger partial charge is 0.481 e. The summed E-state index contributed by atoms with van der Waals surface area (Å²) in [5.74, 6) is -2.91. The Morgan fingerprint density at radius 1 is 0.955 bits per heavy atom. The Morgan fingerprint density at radius 3 is 2.09 bits per heavy atom. The third-order valence-electron chi connectivity index (χ3n) is 8.64. The molecule has 0 radical (unpaired) electrons. The third kappa shape index (κ3) is 6.57. The fourth-order valence-electron chi connectivity index (χ4n) is 6.09. The molecule has 0 saturated carbocycles. The van der Waals surface area contributed by atoms with Gasteiger partial charge in [-0.3, -0.25) is 19.2 Å². The van der Waals surface area contributed by atoms with E-state index in [4.69, 9.17) is 0 Å². The molecule has 5 N–H and O–H groups in total. The normalized spacial score (nSPS) is 19.1.